The number of para-hydroxylation sites is 1. The number of nitrogens with one attached hydrogen (secondary N) is 1. The van der Waals surface area contributed by atoms with E-state index in [4.69, 9.17) is 9.40 Å². The minimum Gasteiger partial charge on any atom is -0.448 e. The summed E-state index contributed by atoms with van der Waals surface area (Å²) in [4.78, 5) is 31.1. The molecule has 1 amide bonds. The number of hydrogen-bond donors (Lipinski definition) is 1. The third kappa shape index (κ3) is 4.22. The molecule has 1 N–H and O–H groups in total. The average molecular weight is 470 g/mol. The van der Waals surface area contributed by atoms with Crippen LogP contribution in [0.3, 0.4) is 0 Å². The van der Waals surface area contributed by atoms with Crippen molar-refractivity contribution in [1.29, 1.82) is 0 Å². The van der Waals surface area contributed by atoms with E-state index in [9.17, 15) is 9.59 Å². The maximum Gasteiger partial charge on any atom is 0.302 e. The minimum absolute atomic E-state index is 0.104. The van der Waals surface area contributed by atoms with Crippen LogP contribution < -0.4 is 10.9 Å². The molecule has 0 aliphatic heterocycles. The molecule has 6 nitrogen and oxygen atoms in total. The quantitative estimate of drug-likeness (QED) is 0.260. The van der Waals surface area contributed by atoms with Crippen LogP contribution in [-0.4, -0.2) is 21.2 Å². The molecule has 0 saturated heterocycles. The van der Waals surface area contributed by atoms with Crippen LogP contribution in [0.15, 0.2) is 81.1 Å². The summed E-state index contributed by atoms with van der Waals surface area (Å²) >= 11 is 1.22. The fourth-order valence-electron chi connectivity index (χ4n) is 4.09. The number of carbonyl (C=O) groups is 1. The maximum atomic E-state index is 13.6. The van der Waals surface area contributed by atoms with E-state index in [1.807, 2.05) is 81.4 Å². The van der Waals surface area contributed by atoms with Crippen molar-refractivity contribution in [2.24, 2.45) is 0 Å². The fraction of sp³-hybridized carbons (Fsp3) is 0.148. The normalized spacial score (nSPS) is 11.3. The van der Waals surface area contributed by atoms with Gasteiger partial charge in [0.15, 0.2) is 5.16 Å². The second-order valence-corrected chi connectivity index (χ2v) is 9.31. The second kappa shape index (κ2) is 8.83. The molecule has 0 radical (unpaired) electrons. The Morgan fingerprint density at radius 2 is 1.74 bits per heavy atom. The van der Waals surface area contributed by atoms with Gasteiger partial charge in [-0.3, -0.25) is 14.2 Å². The molecule has 2 heterocycles. The van der Waals surface area contributed by atoms with Gasteiger partial charge < -0.3 is 9.73 Å². The number of nitrogens with zero attached hydrogens (tertiary/aromatic N) is 2. The van der Waals surface area contributed by atoms with Crippen LogP contribution >= 0.6 is 11.8 Å². The highest BCUT2D eigenvalue weighted by Gasteiger charge is 2.20. The number of anilines is 1. The van der Waals surface area contributed by atoms with Gasteiger partial charge >= 0.3 is 5.56 Å². The van der Waals surface area contributed by atoms with Crippen LogP contribution in [0.4, 0.5) is 5.69 Å². The van der Waals surface area contributed by atoms with Crippen molar-refractivity contribution in [3.05, 3.63) is 93.8 Å². The van der Waals surface area contributed by atoms with Gasteiger partial charge in [0.05, 0.1) is 11.4 Å². The molecule has 0 bridgehead atoms. The second-order valence-electron chi connectivity index (χ2n) is 8.36. The predicted molar refractivity (Wildman–Crippen MR) is 137 cm³/mol. The number of rotatable bonds is 5. The molecule has 170 valence electrons. The zero-order chi connectivity index (χ0) is 23.8. The molecule has 0 spiro atoms. The molecule has 0 fully saturated rings. The SMILES string of the molecule is Cc1cc(C)cc(NC(=O)CSc2nc3c(oc4ccccc43)c(=O)n2-c2cccc(C)c2)c1. The van der Waals surface area contributed by atoms with Crippen LogP contribution in [0, 0.1) is 20.8 Å². The third-order valence-corrected chi connectivity index (χ3v) is 6.40. The van der Waals surface area contributed by atoms with Gasteiger partial charge in [0, 0.05) is 11.1 Å². The first-order valence-electron chi connectivity index (χ1n) is 10.9. The number of aromatic nitrogens is 2. The van der Waals surface area contributed by atoms with Crippen LogP contribution in [0.5, 0.6) is 0 Å². The van der Waals surface area contributed by atoms with Crippen molar-refractivity contribution >= 4 is 45.4 Å². The Bertz CT molecular complexity index is 1600. The molecule has 0 saturated carbocycles. The number of furan rings is 1. The van der Waals surface area contributed by atoms with E-state index in [2.05, 4.69) is 11.4 Å². The Hall–Kier alpha value is -3.84. The molecular formula is C27H23N3O3S. The summed E-state index contributed by atoms with van der Waals surface area (Å²) in [5.41, 5.74) is 5.61. The van der Waals surface area contributed by atoms with Crippen molar-refractivity contribution < 1.29 is 9.21 Å². The number of amides is 1. The highest BCUT2D eigenvalue weighted by Crippen LogP contribution is 2.28. The van der Waals surface area contributed by atoms with Gasteiger partial charge in [-0.2, -0.15) is 0 Å². The highest BCUT2D eigenvalue weighted by atomic mass is 32.2. The monoisotopic (exact) mass is 469 g/mol. The van der Waals surface area contributed by atoms with Crippen molar-refractivity contribution in [3.63, 3.8) is 0 Å². The molecule has 0 aliphatic rings. The standard InChI is InChI=1S/C27H23N3O3S/c1-16-7-6-8-20(14-16)30-26(32)25-24(21-9-4-5-10-22(21)33-25)29-27(30)34-15-23(31)28-19-12-17(2)11-18(3)13-19/h4-14H,15H2,1-3H3,(H,28,31). The predicted octanol–water partition coefficient (Wildman–Crippen LogP) is 5.79. The van der Waals surface area contributed by atoms with Crippen LogP contribution in [0.25, 0.3) is 27.8 Å². The Kier molecular flexibility index (Phi) is 5.71. The Balaban J connectivity index is 1.55. The summed E-state index contributed by atoms with van der Waals surface area (Å²) in [6.07, 6.45) is 0. The van der Waals surface area contributed by atoms with Gasteiger partial charge in [-0.25, -0.2) is 4.98 Å². The number of benzene rings is 3. The van der Waals surface area contributed by atoms with E-state index in [0.717, 1.165) is 27.8 Å². The summed E-state index contributed by atoms with van der Waals surface area (Å²) in [7, 11) is 0. The van der Waals surface area contributed by atoms with E-state index in [1.165, 1.54) is 16.3 Å². The maximum absolute atomic E-state index is 13.6. The van der Waals surface area contributed by atoms with Gasteiger partial charge in [0.1, 0.15) is 11.1 Å². The number of fused-ring (bicyclic) bond motifs is 3. The molecule has 0 atom stereocenters. The van der Waals surface area contributed by atoms with Crippen molar-refractivity contribution in [2.75, 3.05) is 11.1 Å². The summed E-state index contributed by atoms with van der Waals surface area (Å²) < 4.78 is 7.39. The van der Waals surface area contributed by atoms with Crippen molar-refractivity contribution in [2.45, 2.75) is 25.9 Å². The summed E-state index contributed by atoms with van der Waals surface area (Å²) in [5.74, 6) is -0.0656. The Labute approximate surface area is 200 Å². The van der Waals surface area contributed by atoms with E-state index in [1.54, 1.807) is 0 Å². The number of hydrogen-bond acceptors (Lipinski definition) is 5. The van der Waals surface area contributed by atoms with Crippen LogP contribution in [-0.2, 0) is 4.79 Å². The number of carbonyl (C=O) groups excluding carboxylic acids is 1. The first kappa shape index (κ1) is 22.0. The van der Waals surface area contributed by atoms with E-state index < -0.39 is 0 Å². The molecular weight excluding hydrogens is 446 g/mol. The molecule has 34 heavy (non-hydrogen) atoms. The molecule has 5 rings (SSSR count). The lowest BCUT2D eigenvalue weighted by atomic mass is 10.1. The van der Waals surface area contributed by atoms with Crippen molar-refractivity contribution in [1.82, 2.24) is 9.55 Å². The van der Waals surface area contributed by atoms with Gasteiger partial charge in [-0.1, -0.05) is 42.1 Å². The van der Waals surface area contributed by atoms with Gasteiger partial charge in [-0.05, 0) is 73.9 Å². The third-order valence-electron chi connectivity index (χ3n) is 5.46. The molecule has 7 heteroatoms. The average Bonchev–Trinajstić information content (AvgIpc) is 3.16. The molecule has 2 aromatic heterocycles. The van der Waals surface area contributed by atoms with E-state index in [-0.39, 0.29) is 22.8 Å². The molecule has 5 aromatic rings. The van der Waals surface area contributed by atoms with E-state index in [0.29, 0.717) is 21.9 Å². The summed E-state index contributed by atoms with van der Waals surface area (Å²) in [5, 5.41) is 4.15. The fourth-order valence-corrected chi connectivity index (χ4v) is 4.89. The first-order valence-corrected chi connectivity index (χ1v) is 11.9. The molecule has 3 aromatic carbocycles. The largest absolute Gasteiger partial charge is 0.448 e. The van der Waals surface area contributed by atoms with Gasteiger partial charge in [0.25, 0.3) is 0 Å². The topological polar surface area (TPSA) is 77.1 Å². The first-order chi connectivity index (χ1) is 16.4. The smallest absolute Gasteiger partial charge is 0.302 e. The van der Waals surface area contributed by atoms with Gasteiger partial charge in [-0.15, -0.1) is 0 Å². The molecule has 0 unspecified atom stereocenters. The van der Waals surface area contributed by atoms with Gasteiger partial charge in [0.2, 0.25) is 11.5 Å². The van der Waals surface area contributed by atoms with Crippen LogP contribution in [0.2, 0.25) is 0 Å². The van der Waals surface area contributed by atoms with Crippen molar-refractivity contribution in [3.8, 4) is 5.69 Å². The van der Waals surface area contributed by atoms with E-state index >= 15 is 0 Å². The zero-order valence-electron chi connectivity index (χ0n) is 19.1. The Morgan fingerprint density at radius 1 is 0.971 bits per heavy atom. The lowest BCUT2D eigenvalue weighted by Crippen LogP contribution is -2.22. The highest BCUT2D eigenvalue weighted by molar-refractivity contribution is 7.99. The number of thioether (sulfide) groups is 1. The zero-order valence-corrected chi connectivity index (χ0v) is 19.9. The summed E-state index contributed by atoms with van der Waals surface area (Å²) in [6, 6.07) is 21.0. The molecule has 0 aliphatic carbocycles. The minimum atomic E-state index is -0.302. The Morgan fingerprint density at radius 3 is 2.50 bits per heavy atom. The lowest BCUT2D eigenvalue weighted by Gasteiger charge is -2.12. The number of aryl methyl sites for hydroxylation is 3. The lowest BCUT2D eigenvalue weighted by molar-refractivity contribution is -0.113. The van der Waals surface area contributed by atoms with Crippen LogP contribution in [0.1, 0.15) is 16.7 Å². The summed E-state index contributed by atoms with van der Waals surface area (Å²) in [6.45, 7) is 5.95.